The predicted molar refractivity (Wildman–Crippen MR) is 100 cm³/mol. The Morgan fingerprint density at radius 1 is 1.12 bits per heavy atom. The average molecular weight is 379 g/mol. The van der Waals surface area contributed by atoms with Gasteiger partial charge in [-0.3, -0.25) is 0 Å². The van der Waals surface area contributed by atoms with Gasteiger partial charge >= 0.3 is 0 Å². The van der Waals surface area contributed by atoms with Gasteiger partial charge in [0.1, 0.15) is 6.33 Å². The van der Waals surface area contributed by atoms with Crippen molar-refractivity contribution >= 4 is 27.0 Å². The molecular weight excluding hydrogens is 352 g/mol. The maximum Gasteiger partial charge on any atom is 0.214 e. The van der Waals surface area contributed by atoms with E-state index in [1.165, 1.54) is 0 Å². The Bertz CT molecular complexity index is 895. The number of sulfonamides is 1. The van der Waals surface area contributed by atoms with E-state index in [9.17, 15) is 8.42 Å². The summed E-state index contributed by atoms with van der Waals surface area (Å²) in [7, 11) is -3.14. The highest BCUT2D eigenvalue weighted by atomic mass is 32.2. The van der Waals surface area contributed by atoms with Gasteiger partial charge in [-0.25, -0.2) is 27.7 Å². The van der Waals surface area contributed by atoms with E-state index in [2.05, 4.69) is 26.8 Å². The summed E-state index contributed by atoms with van der Waals surface area (Å²) in [5.41, 5.74) is 1.69. The summed E-state index contributed by atoms with van der Waals surface area (Å²) in [5, 5.41) is 0. The lowest BCUT2D eigenvalue weighted by Crippen LogP contribution is -2.36. The lowest BCUT2D eigenvalue weighted by atomic mass is 10.0. The number of nitrogens with zero attached hydrogens (tertiary/aromatic N) is 6. The molecule has 8 nitrogen and oxygen atoms in total. The first-order valence-electron chi connectivity index (χ1n) is 9.27. The first-order chi connectivity index (χ1) is 12.4. The van der Waals surface area contributed by atoms with Gasteiger partial charge in [-0.15, -0.1) is 0 Å². The molecule has 4 heterocycles. The van der Waals surface area contributed by atoms with E-state index in [0.29, 0.717) is 24.9 Å². The van der Waals surface area contributed by atoms with Gasteiger partial charge in [0.2, 0.25) is 10.0 Å². The number of imidazole rings is 1. The Kier molecular flexibility index (Phi) is 4.38. The van der Waals surface area contributed by atoms with Gasteiger partial charge in [-0.05, 0) is 24.7 Å². The highest BCUT2D eigenvalue weighted by Gasteiger charge is 2.44. The van der Waals surface area contributed by atoms with E-state index in [1.54, 1.807) is 17.0 Å². The Morgan fingerprint density at radius 3 is 2.42 bits per heavy atom. The highest BCUT2D eigenvalue weighted by Crippen LogP contribution is 2.36. The van der Waals surface area contributed by atoms with Crippen LogP contribution in [0.3, 0.4) is 0 Å². The standard InChI is InChI=1S/C17H26N6O2S/c1-4-21-11-20-15-16(21)18-10-19-17(15)22-5-13-7-23(8-14(13)6-22)26(24,25)9-12(2)3/h10-14H,4-9H2,1-3H3. The van der Waals surface area contributed by atoms with Crippen LogP contribution in [0, 0.1) is 17.8 Å². The summed E-state index contributed by atoms with van der Waals surface area (Å²) in [4.78, 5) is 15.6. The summed E-state index contributed by atoms with van der Waals surface area (Å²) in [6.45, 7) is 9.67. The molecule has 2 atom stereocenters. The molecule has 0 aliphatic carbocycles. The Hall–Kier alpha value is -1.74. The van der Waals surface area contributed by atoms with E-state index < -0.39 is 10.0 Å². The second-order valence-corrected chi connectivity index (χ2v) is 9.83. The number of aryl methyl sites for hydroxylation is 1. The van der Waals surface area contributed by atoms with Crippen molar-refractivity contribution in [2.45, 2.75) is 27.3 Å². The molecule has 0 saturated carbocycles. The van der Waals surface area contributed by atoms with E-state index >= 15 is 0 Å². The second kappa shape index (κ2) is 6.45. The fourth-order valence-electron chi connectivity index (χ4n) is 4.21. The first-order valence-corrected chi connectivity index (χ1v) is 10.9. The van der Waals surface area contributed by atoms with E-state index in [1.807, 2.05) is 18.4 Å². The van der Waals surface area contributed by atoms with Crippen LogP contribution >= 0.6 is 0 Å². The zero-order valence-corrected chi connectivity index (χ0v) is 16.4. The SMILES string of the molecule is CCn1cnc2c(N3CC4CN(S(=O)(=O)CC(C)C)CC4C3)ncnc21. The van der Waals surface area contributed by atoms with Crippen LogP contribution in [0.1, 0.15) is 20.8 Å². The van der Waals surface area contributed by atoms with Crippen molar-refractivity contribution in [3.63, 3.8) is 0 Å². The van der Waals surface area contributed by atoms with Gasteiger partial charge in [0.15, 0.2) is 17.0 Å². The minimum Gasteiger partial charge on any atom is -0.354 e. The van der Waals surface area contributed by atoms with E-state index in [4.69, 9.17) is 0 Å². The molecule has 142 valence electrons. The van der Waals surface area contributed by atoms with Crippen molar-refractivity contribution in [1.29, 1.82) is 0 Å². The molecule has 9 heteroatoms. The van der Waals surface area contributed by atoms with Crippen LogP contribution in [0.5, 0.6) is 0 Å². The van der Waals surface area contributed by atoms with Gasteiger partial charge < -0.3 is 9.47 Å². The third-order valence-corrected chi connectivity index (χ3v) is 7.59. The summed E-state index contributed by atoms with van der Waals surface area (Å²) < 4.78 is 28.7. The topological polar surface area (TPSA) is 84.2 Å². The molecule has 0 radical (unpaired) electrons. The lowest BCUT2D eigenvalue weighted by molar-refractivity contribution is 0.447. The Labute approximate surface area is 154 Å². The van der Waals surface area contributed by atoms with Crippen molar-refractivity contribution < 1.29 is 8.42 Å². The van der Waals surface area contributed by atoms with Crippen LogP contribution in [0.2, 0.25) is 0 Å². The van der Waals surface area contributed by atoms with Crippen LogP contribution in [-0.2, 0) is 16.6 Å². The summed E-state index contributed by atoms with van der Waals surface area (Å²) in [5.74, 6) is 1.97. The zero-order valence-electron chi connectivity index (χ0n) is 15.5. The molecule has 2 aromatic heterocycles. The fraction of sp³-hybridized carbons (Fsp3) is 0.706. The molecule has 0 N–H and O–H groups in total. The number of hydrogen-bond donors (Lipinski definition) is 0. The summed E-state index contributed by atoms with van der Waals surface area (Å²) in [6, 6.07) is 0. The molecule has 4 rings (SSSR count). The molecular formula is C17H26N6O2S. The van der Waals surface area contributed by atoms with Crippen LogP contribution in [-0.4, -0.2) is 64.2 Å². The fourth-order valence-corrected chi connectivity index (χ4v) is 6.10. The molecule has 0 amide bonds. The predicted octanol–water partition coefficient (Wildman–Crippen LogP) is 1.20. The molecule has 2 fully saturated rings. The van der Waals surface area contributed by atoms with Gasteiger partial charge in [-0.2, -0.15) is 0 Å². The zero-order chi connectivity index (χ0) is 18.5. The third-order valence-electron chi connectivity index (χ3n) is 5.41. The normalized spacial score (nSPS) is 24.1. The van der Waals surface area contributed by atoms with Gasteiger partial charge in [0, 0.05) is 32.7 Å². The quantitative estimate of drug-likeness (QED) is 0.777. The molecule has 2 aromatic rings. The van der Waals surface area contributed by atoms with Crippen LogP contribution in [0.4, 0.5) is 5.82 Å². The minimum absolute atomic E-state index is 0.153. The van der Waals surface area contributed by atoms with Crippen molar-refractivity contribution in [2.75, 3.05) is 36.8 Å². The molecule has 0 aromatic carbocycles. The maximum atomic E-state index is 12.5. The van der Waals surface area contributed by atoms with Crippen molar-refractivity contribution in [1.82, 2.24) is 23.8 Å². The smallest absolute Gasteiger partial charge is 0.214 e. The molecule has 0 spiro atoms. The summed E-state index contributed by atoms with van der Waals surface area (Å²) in [6.07, 6.45) is 3.40. The summed E-state index contributed by atoms with van der Waals surface area (Å²) >= 11 is 0. The molecule has 2 saturated heterocycles. The van der Waals surface area contributed by atoms with Crippen molar-refractivity contribution in [3.8, 4) is 0 Å². The van der Waals surface area contributed by atoms with Crippen LogP contribution in [0.25, 0.3) is 11.2 Å². The number of anilines is 1. The number of fused-ring (bicyclic) bond motifs is 2. The van der Waals surface area contributed by atoms with Crippen molar-refractivity contribution in [3.05, 3.63) is 12.7 Å². The minimum atomic E-state index is -3.14. The average Bonchev–Trinajstić information content (AvgIpc) is 3.25. The van der Waals surface area contributed by atoms with Gasteiger partial charge in [0.05, 0.1) is 12.1 Å². The number of hydrogen-bond acceptors (Lipinski definition) is 6. The Balaban J connectivity index is 1.51. The molecule has 26 heavy (non-hydrogen) atoms. The Morgan fingerprint density at radius 2 is 1.81 bits per heavy atom. The largest absolute Gasteiger partial charge is 0.354 e. The van der Waals surface area contributed by atoms with Crippen molar-refractivity contribution in [2.24, 2.45) is 17.8 Å². The van der Waals surface area contributed by atoms with E-state index in [0.717, 1.165) is 36.6 Å². The van der Waals surface area contributed by atoms with Crippen LogP contribution < -0.4 is 4.90 Å². The molecule has 2 unspecified atom stereocenters. The van der Waals surface area contributed by atoms with Crippen LogP contribution in [0.15, 0.2) is 12.7 Å². The lowest BCUT2D eigenvalue weighted by Gasteiger charge is -2.22. The number of aromatic nitrogens is 4. The number of rotatable bonds is 5. The van der Waals surface area contributed by atoms with Gasteiger partial charge in [0.25, 0.3) is 0 Å². The molecule has 0 bridgehead atoms. The molecule has 2 aliphatic rings. The highest BCUT2D eigenvalue weighted by molar-refractivity contribution is 7.89. The molecule has 2 aliphatic heterocycles. The monoisotopic (exact) mass is 378 g/mol. The maximum absolute atomic E-state index is 12.5. The first kappa shape index (κ1) is 17.7. The third kappa shape index (κ3) is 2.96. The van der Waals surface area contributed by atoms with Gasteiger partial charge in [-0.1, -0.05) is 13.8 Å². The van der Waals surface area contributed by atoms with E-state index in [-0.39, 0.29) is 11.7 Å². The second-order valence-electron chi connectivity index (χ2n) is 7.81.